The van der Waals surface area contributed by atoms with Gasteiger partial charge in [0.05, 0.1) is 30.2 Å². The number of nitrogens with two attached hydrogens (primary N) is 1. The molecular formula is C53H74N4O5. The summed E-state index contributed by atoms with van der Waals surface area (Å²) in [7, 11) is 0. The van der Waals surface area contributed by atoms with Gasteiger partial charge >= 0.3 is 0 Å². The van der Waals surface area contributed by atoms with Gasteiger partial charge in [0.15, 0.2) is 6.29 Å². The van der Waals surface area contributed by atoms with Crippen molar-refractivity contribution in [2.24, 2.45) is 0 Å². The number of carbonyl (C=O) groups excluding carboxylic acids is 2. The third kappa shape index (κ3) is 17.0. The zero-order valence-corrected chi connectivity index (χ0v) is 37.6. The van der Waals surface area contributed by atoms with E-state index in [9.17, 15) is 14.7 Å². The summed E-state index contributed by atoms with van der Waals surface area (Å²) < 4.78 is 13.6. The van der Waals surface area contributed by atoms with Crippen LogP contribution in [-0.2, 0) is 32.2 Å². The Balaban J connectivity index is 1.17. The van der Waals surface area contributed by atoms with Crippen LogP contribution in [0, 0.1) is 0 Å². The molecule has 0 radical (unpaired) electrons. The molecule has 5 N–H and O–H groups in total. The minimum atomic E-state index is -0.506. The summed E-state index contributed by atoms with van der Waals surface area (Å²) in [5.41, 5.74) is 13.2. The van der Waals surface area contributed by atoms with Crippen LogP contribution in [0.5, 0.6) is 0 Å². The van der Waals surface area contributed by atoms with E-state index in [2.05, 4.69) is 77.9 Å². The van der Waals surface area contributed by atoms with Gasteiger partial charge in [-0.15, -0.1) is 0 Å². The summed E-state index contributed by atoms with van der Waals surface area (Å²) in [5, 5.41) is 15.6. The molecule has 3 unspecified atom stereocenters. The minimum absolute atomic E-state index is 0.0158. The predicted octanol–water partition coefficient (Wildman–Crippen LogP) is 11.8. The third-order valence-corrected chi connectivity index (χ3v) is 12.0. The summed E-state index contributed by atoms with van der Waals surface area (Å²) in [6.07, 6.45) is 17.6. The summed E-state index contributed by atoms with van der Waals surface area (Å²) in [6, 6.07) is 32.1. The first-order valence-electron chi connectivity index (χ1n) is 23.7. The molecule has 3 atom stereocenters. The van der Waals surface area contributed by atoms with Crippen molar-refractivity contribution in [2.75, 3.05) is 30.7 Å². The number of benzene rings is 4. The van der Waals surface area contributed by atoms with Crippen LogP contribution in [0.4, 0.5) is 11.4 Å². The van der Waals surface area contributed by atoms with Gasteiger partial charge in [0.1, 0.15) is 0 Å². The lowest BCUT2D eigenvalue weighted by Crippen LogP contribution is -2.40. The maximum absolute atomic E-state index is 12.7. The highest BCUT2D eigenvalue weighted by Crippen LogP contribution is 2.39. The molecule has 336 valence electrons. The van der Waals surface area contributed by atoms with Gasteiger partial charge in [0.2, 0.25) is 11.8 Å². The van der Waals surface area contributed by atoms with Crippen molar-refractivity contribution in [1.29, 1.82) is 0 Å². The Kier molecular flexibility index (Phi) is 21.5. The van der Waals surface area contributed by atoms with E-state index in [-0.39, 0.29) is 30.6 Å². The summed E-state index contributed by atoms with van der Waals surface area (Å²) in [4.78, 5) is 27.7. The first kappa shape index (κ1) is 48.5. The Morgan fingerprint density at radius 2 is 1.29 bits per heavy atom. The fourth-order valence-corrected chi connectivity index (χ4v) is 8.22. The van der Waals surface area contributed by atoms with Crippen molar-refractivity contribution in [1.82, 2.24) is 10.2 Å². The van der Waals surface area contributed by atoms with E-state index in [4.69, 9.17) is 15.2 Å². The average molecular weight is 847 g/mol. The monoisotopic (exact) mass is 847 g/mol. The number of aliphatic hydroxyl groups is 1. The number of ether oxygens (including phenoxy) is 2. The number of anilines is 2. The van der Waals surface area contributed by atoms with Crippen LogP contribution in [0.25, 0.3) is 11.1 Å². The van der Waals surface area contributed by atoms with Crippen LogP contribution in [-0.4, -0.2) is 47.6 Å². The Bertz CT molecular complexity index is 1870. The number of rotatable bonds is 28. The molecule has 0 saturated carbocycles. The van der Waals surface area contributed by atoms with Gasteiger partial charge < -0.3 is 35.8 Å². The zero-order chi connectivity index (χ0) is 43.8. The first-order valence-corrected chi connectivity index (χ1v) is 23.7. The maximum atomic E-state index is 12.7. The van der Waals surface area contributed by atoms with E-state index in [1.165, 1.54) is 77.0 Å². The quantitative estimate of drug-likeness (QED) is 0.0331. The van der Waals surface area contributed by atoms with Crippen molar-refractivity contribution >= 4 is 23.2 Å². The van der Waals surface area contributed by atoms with Crippen molar-refractivity contribution in [3.63, 3.8) is 0 Å². The number of carbonyl (C=O) groups is 2. The van der Waals surface area contributed by atoms with Gasteiger partial charge in [0, 0.05) is 37.9 Å². The maximum Gasteiger partial charge on any atom is 0.224 e. The molecule has 4 aromatic rings. The van der Waals surface area contributed by atoms with Crippen molar-refractivity contribution in [2.45, 2.75) is 155 Å². The first-order chi connectivity index (χ1) is 30.3. The number of hydrogen-bond acceptors (Lipinski definition) is 7. The molecule has 1 fully saturated rings. The second kappa shape index (κ2) is 27.5. The van der Waals surface area contributed by atoms with Crippen LogP contribution < -0.4 is 16.4 Å². The molecule has 1 aliphatic rings. The second-order valence-electron chi connectivity index (χ2n) is 17.1. The van der Waals surface area contributed by atoms with Crippen LogP contribution in [0.2, 0.25) is 0 Å². The average Bonchev–Trinajstić information content (AvgIpc) is 3.30. The molecule has 0 aliphatic carbocycles. The molecule has 2 amide bonds. The van der Waals surface area contributed by atoms with E-state index in [0.717, 1.165) is 59.4 Å². The van der Waals surface area contributed by atoms with Crippen molar-refractivity contribution < 1.29 is 24.2 Å². The second-order valence-corrected chi connectivity index (χ2v) is 17.1. The van der Waals surface area contributed by atoms with Crippen molar-refractivity contribution in [3.8, 4) is 11.1 Å². The number of nitrogen functional groups attached to an aromatic ring is 1. The topological polar surface area (TPSA) is 126 Å². The molecule has 62 heavy (non-hydrogen) atoms. The fraction of sp³-hybridized carbons (Fsp3) is 0.509. The normalized spacial score (nSPS) is 16.4. The predicted molar refractivity (Wildman–Crippen MR) is 253 cm³/mol. The van der Waals surface area contributed by atoms with Crippen molar-refractivity contribution in [3.05, 3.63) is 119 Å². The van der Waals surface area contributed by atoms with Gasteiger partial charge in [0.25, 0.3) is 0 Å². The van der Waals surface area contributed by atoms with Gasteiger partial charge in [-0.25, -0.2) is 0 Å². The summed E-state index contributed by atoms with van der Waals surface area (Å²) >= 11 is 0. The Morgan fingerprint density at radius 1 is 0.661 bits per heavy atom. The lowest BCUT2D eigenvalue weighted by molar-refractivity contribution is -0.253. The Morgan fingerprint density at radius 3 is 1.95 bits per heavy atom. The van der Waals surface area contributed by atoms with Crippen LogP contribution in [0.3, 0.4) is 0 Å². The number of unbranched alkanes of at least 4 members (excludes halogenated alkanes) is 11. The number of amides is 2. The van der Waals surface area contributed by atoms with E-state index in [1.807, 2.05) is 36.4 Å². The summed E-state index contributed by atoms with van der Waals surface area (Å²) in [6.45, 7) is 8.09. The number of nitrogens with one attached hydrogen (secondary N) is 2. The van der Waals surface area contributed by atoms with Gasteiger partial charge in [-0.05, 0) is 84.8 Å². The van der Waals surface area contributed by atoms with E-state index in [0.29, 0.717) is 43.6 Å². The minimum Gasteiger partial charge on any atom is -0.397 e. The molecule has 5 rings (SSSR count). The van der Waals surface area contributed by atoms with E-state index < -0.39 is 6.29 Å². The lowest BCUT2D eigenvalue weighted by atomic mass is 9.98. The van der Waals surface area contributed by atoms with Gasteiger partial charge in [-0.3, -0.25) is 9.59 Å². The number of hydrogen-bond donors (Lipinski definition) is 4. The molecule has 1 saturated heterocycles. The zero-order valence-electron chi connectivity index (χ0n) is 37.6. The highest BCUT2D eigenvalue weighted by atomic mass is 16.7. The van der Waals surface area contributed by atoms with Gasteiger partial charge in [-0.2, -0.15) is 0 Å². The highest BCUT2D eigenvalue weighted by Gasteiger charge is 2.33. The van der Waals surface area contributed by atoms with Crippen LogP contribution in [0.1, 0.15) is 158 Å². The molecule has 0 aromatic heterocycles. The number of aliphatic hydroxyl groups excluding tert-OH is 1. The smallest absolute Gasteiger partial charge is 0.224 e. The molecule has 4 aromatic carbocycles. The molecule has 0 spiro atoms. The molecule has 9 nitrogen and oxygen atoms in total. The summed E-state index contributed by atoms with van der Waals surface area (Å²) in [5.74, 6) is -0.140. The molecular weight excluding hydrogens is 773 g/mol. The molecule has 9 heteroatoms. The van der Waals surface area contributed by atoms with Gasteiger partial charge in [-0.1, -0.05) is 157 Å². The fourth-order valence-electron chi connectivity index (χ4n) is 8.22. The largest absolute Gasteiger partial charge is 0.397 e. The van der Waals surface area contributed by atoms with Crippen LogP contribution >= 0.6 is 0 Å². The lowest BCUT2D eigenvalue weighted by Gasteiger charge is -2.38. The molecule has 1 aliphatic heterocycles. The highest BCUT2D eigenvalue weighted by molar-refractivity contribution is 5.93. The van der Waals surface area contributed by atoms with E-state index in [1.54, 1.807) is 12.1 Å². The Hall–Kier alpha value is -4.54. The molecule has 0 bridgehead atoms. The number of para-hydroxylation sites is 2. The molecule has 1 heterocycles. The SMILES string of the molecule is CCCCCCCCN(CCCCCCCC)CC1CC(c2ccc(CO)cc2)OC(c2ccc(-c3cccc(CNC(=O)CCCCC(=O)Nc4ccccc4N)c3)cc2)O1. The standard InChI is InChI=1S/C53H74N4O5/c1-3-5-7-9-11-17-34-57(35-18-12-10-8-6-4-2)39-47-37-50(44-28-26-41(40-58)27-29-44)62-53(61-47)45-32-30-43(31-33-45)46-21-19-20-42(36-46)38-55-51(59)24-15-16-25-52(60)56-49-23-14-13-22-48(49)54/h13-14,19-23,26-33,36,47,50,53,58H,3-12,15-18,24-25,34-35,37-40,54H2,1-2H3,(H,55,59)(H,56,60). The third-order valence-electron chi connectivity index (χ3n) is 12.0. The Labute approximate surface area is 372 Å². The number of nitrogens with zero attached hydrogens (tertiary/aromatic N) is 1. The van der Waals surface area contributed by atoms with Crippen LogP contribution in [0.15, 0.2) is 97.1 Å². The van der Waals surface area contributed by atoms with E-state index >= 15 is 0 Å².